The van der Waals surface area contributed by atoms with E-state index in [1.165, 1.54) is 29.3 Å². The van der Waals surface area contributed by atoms with E-state index in [9.17, 15) is 14.7 Å². The van der Waals surface area contributed by atoms with Gasteiger partial charge in [0.05, 0.1) is 22.9 Å². The highest BCUT2D eigenvalue weighted by Crippen LogP contribution is 2.28. The number of rotatable bonds is 4. The number of carboxylic acids is 1. The summed E-state index contributed by atoms with van der Waals surface area (Å²) >= 11 is 5.91. The highest BCUT2D eigenvalue weighted by molar-refractivity contribution is 6.32. The maximum atomic E-state index is 12.8. The summed E-state index contributed by atoms with van der Waals surface area (Å²) in [5, 5.41) is 17.0. The summed E-state index contributed by atoms with van der Waals surface area (Å²) in [6, 6.07) is 16.6. The Labute approximate surface area is 171 Å². The Balaban J connectivity index is 1.59. The summed E-state index contributed by atoms with van der Waals surface area (Å²) in [6.45, 7) is 1.72. The molecule has 0 spiro atoms. The molecule has 0 radical (unpaired) electrons. The van der Waals surface area contributed by atoms with Crippen LogP contribution in [0.2, 0.25) is 5.02 Å². The molecule has 29 heavy (non-hydrogen) atoms. The third-order valence-electron chi connectivity index (χ3n) is 4.45. The average Bonchev–Trinajstić information content (AvgIpc) is 3.29. The van der Waals surface area contributed by atoms with Crippen LogP contribution in [0.5, 0.6) is 0 Å². The van der Waals surface area contributed by atoms with Crippen molar-refractivity contribution in [1.82, 2.24) is 0 Å². The van der Waals surface area contributed by atoms with Crippen molar-refractivity contribution < 1.29 is 19.1 Å². The number of carboxylic acid groups (broad SMARTS) is 1. The van der Waals surface area contributed by atoms with E-state index in [-0.39, 0.29) is 11.5 Å². The van der Waals surface area contributed by atoms with Gasteiger partial charge in [0.25, 0.3) is 5.91 Å². The zero-order chi connectivity index (χ0) is 20.5. The largest absolute Gasteiger partial charge is 0.545 e. The number of benzene rings is 2. The van der Waals surface area contributed by atoms with E-state index >= 15 is 0 Å². The number of halogens is 1. The minimum atomic E-state index is -1.28. The van der Waals surface area contributed by atoms with Crippen LogP contribution in [0.3, 0.4) is 0 Å². The zero-order valence-corrected chi connectivity index (χ0v) is 16.0. The first kappa shape index (κ1) is 18.7. The van der Waals surface area contributed by atoms with E-state index in [0.29, 0.717) is 33.5 Å². The number of hydrazone groups is 1. The van der Waals surface area contributed by atoms with Gasteiger partial charge in [0.2, 0.25) is 0 Å². The summed E-state index contributed by atoms with van der Waals surface area (Å²) in [5.41, 5.74) is 2.29. The van der Waals surface area contributed by atoms with Crippen molar-refractivity contribution in [2.75, 3.05) is 5.01 Å². The van der Waals surface area contributed by atoms with Gasteiger partial charge in [0.1, 0.15) is 11.5 Å². The molecule has 4 rings (SSSR count). The fraction of sp³-hybridized carbons (Fsp3) is 0.0455. The van der Waals surface area contributed by atoms with Crippen LogP contribution >= 0.6 is 11.6 Å². The molecule has 0 atom stereocenters. The van der Waals surface area contributed by atoms with Gasteiger partial charge < -0.3 is 14.3 Å². The molecule has 0 fully saturated rings. The Bertz CT molecular complexity index is 1160. The number of hydrogen-bond acceptors (Lipinski definition) is 5. The van der Waals surface area contributed by atoms with E-state index in [0.717, 1.165) is 5.56 Å². The molecule has 144 valence electrons. The number of aromatic carboxylic acids is 1. The molecule has 3 aromatic rings. The number of hydrogen-bond donors (Lipinski definition) is 0. The molecule has 0 bridgehead atoms. The lowest BCUT2D eigenvalue weighted by Crippen LogP contribution is -2.23. The van der Waals surface area contributed by atoms with Gasteiger partial charge in [-0.25, -0.2) is 0 Å². The van der Waals surface area contributed by atoms with E-state index in [1.807, 2.05) is 18.2 Å². The lowest BCUT2D eigenvalue weighted by Gasteiger charge is -2.12. The number of carbonyl (C=O) groups excluding carboxylic acids is 2. The second-order valence-corrected chi connectivity index (χ2v) is 6.84. The lowest BCUT2D eigenvalue weighted by molar-refractivity contribution is -0.255. The second kappa shape index (κ2) is 7.41. The molecular formula is C22H14ClN2O4-. The minimum Gasteiger partial charge on any atom is -0.545 e. The molecule has 0 saturated carbocycles. The van der Waals surface area contributed by atoms with E-state index in [1.54, 1.807) is 31.2 Å². The Morgan fingerprint density at radius 2 is 1.76 bits per heavy atom. The maximum absolute atomic E-state index is 12.8. The van der Waals surface area contributed by atoms with E-state index in [2.05, 4.69) is 5.10 Å². The Morgan fingerprint density at radius 1 is 1.07 bits per heavy atom. The molecule has 0 N–H and O–H groups in total. The summed E-state index contributed by atoms with van der Waals surface area (Å²) < 4.78 is 5.83. The number of furan rings is 1. The fourth-order valence-electron chi connectivity index (χ4n) is 2.94. The average molecular weight is 406 g/mol. The lowest BCUT2D eigenvalue weighted by atomic mass is 10.1. The summed E-state index contributed by atoms with van der Waals surface area (Å²) in [5.74, 6) is -0.433. The maximum Gasteiger partial charge on any atom is 0.280 e. The molecule has 0 aliphatic carbocycles. The predicted octanol–water partition coefficient (Wildman–Crippen LogP) is 3.77. The molecule has 0 unspecified atom stereocenters. The van der Waals surface area contributed by atoms with Gasteiger partial charge in [0.15, 0.2) is 0 Å². The molecule has 6 nitrogen and oxygen atoms in total. The van der Waals surface area contributed by atoms with Crippen molar-refractivity contribution >= 4 is 41.0 Å². The van der Waals surface area contributed by atoms with Crippen LogP contribution in [0.1, 0.15) is 23.0 Å². The minimum absolute atomic E-state index is 0.0298. The monoisotopic (exact) mass is 405 g/mol. The third-order valence-corrected chi connectivity index (χ3v) is 4.70. The van der Waals surface area contributed by atoms with Crippen LogP contribution in [0, 0.1) is 0 Å². The van der Waals surface area contributed by atoms with Gasteiger partial charge in [-0.3, -0.25) is 4.79 Å². The summed E-state index contributed by atoms with van der Waals surface area (Å²) in [4.78, 5) is 23.7. The van der Waals surface area contributed by atoms with Crippen LogP contribution in [0.25, 0.3) is 17.4 Å². The van der Waals surface area contributed by atoms with Crippen molar-refractivity contribution in [1.29, 1.82) is 0 Å². The quantitative estimate of drug-likeness (QED) is 0.618. The van der Waals surface area contributed by atoms with Gasteiger partial charge in [-0.1, -0.05) is 23.7 Å². The van der Waals surface area contributed by atoms with Crippen LogP contribution < -0.4 is 10.1 Å². The molecule has 2 heterocycles. The standard InChI is InChI=1S/C22H15ClN2O4/c1-13-19(12-18-10-11-20(29-18)14-2-6-16(23)7-3-14)21(26)25(24-13)17-8-4-15(5-9-17)22(27)28/h2-12H,1H3,(H,27,28)/p-1/b19-12-. The highest BCUT2D eigenvalue weighted by atomic mass is 35.5. The summed E-state index contributed by atoms with van der Waals surface area (Å²) in [6.07, 6.45) is 1.64. The molecule has 2 aromatic carbocycles. The fourth-order valence-corrected chi connectivity index (χ4v) is 3.07. The van der Waals surface area contributed by atoms with Gasteiger partial charge in [-0.2, -0.15) is 10.1 Å². The summed E-state index contributed by atoms with van der Waals surface area (Å²) in [7, 11) is 0. The van der Waals surface area contributed by atoms with Crippen LogP contribution in [0.15, 0.2) is 75.8 Å². The normalized spacial score (nSPS) is 15.1. The smallest absolute Gasteiger partial charge is 0.280 e. The topological polar surface area (TPSA) is 85.9 Å². The molecular weight excluding hydrogens is 392 g/mol. The van der Waals surface area contributed by atoms with Crippen LogP contribution in [-0.2, 0) is 4.79 Å². The number of carbonyl (C=O) groups is 2. The van der Waals surface area contributed by atoms with Crippen LogP contribution in [0.4, 0.5) is 5.69 Å². The van der Waals surface area contributed by atoms with E-state index < -0.39 is 5.97 Å². The second-order valence-electron chi connectivity index (χ2n) is 6.40. The first-order valence-electron chi connectivity index (χ1n) is 8.71. The first-order chi connectivity index (χ1) is 13.9. The van der Waals surface area contributed by atoms with Crippen molar-refractivity contribution in [3.63, 3.8) is 0 Å². The van der Waals surface area contributed by atoms with Crippen LogP contribution in [-0.4, -0.2) is 17.6 Å². The van der Waals surface area contributed by atoms with Gasteiger partial charge >= 0.3 is 0 Å². The number of nitrogens with zero attached hydrogens (tertiary/aromatic N) is 2. The number of anilines is 1. The first-order valence-corrected chi connectivity index (χ1v) is 9.09. The van der Waals surface area contributed by atoms with Crippen molar-refractivity contribution in [2.24, 2.45) is 5.10 Å². The molecule has 7 heteroatoms. The van der Waals surface area contributed by atoms with Gasteiger partial charge in [0, 0.05) is 10.6 Å². The van der Waals surface area contributed by atoms with E-state index in [4.69, 9.17) is 16.0 Å². The Kier molecular flexibility index (Phi) is 4.78. The molecule has 1 amide bonds. The van der Waals surface area contributed by atoms with Crippen molar-refractivity contribution in [3.8, 4) is 11.3 Å². The third kappa shape index (κ3) is 3.70. The molecule has 1 aliphatic rings. The highest BCUT2D eigenvalue weighted by Gasteiger charge is 2.29. The molecule has 0 saturated heterocycles. The van der Waals surface area contributed by atoms with Gasteiger partial charge in [-0.05, 0) is 67.1 Å². The zero-order valence-electron chi connectivity index (χ0n) is 15.3. The Hall–Kier alpha value is -3.64. The Morgan fingerprint density at radius 3 is 2.41 bits per heavy atom. The molecule has 1 aromatic heterocycles. The van der Waals surface area contributed by atoms with Crippen molar-refractivity contribution in [2.45, 2.75) is 6.92 Å². The SMILES string of the molecule is CC1=NN(c2ccc(C(=O)[O-])cc2)C(=O)/C1=C\c1ccc(-c2ccc(Cl)cc2)o1. The molecule has 1 aliphatic heterocycles. The van der Waals surface area contributed by atoms with Crippen molar-refractivity contribution in [3.05, 3.63) is 82.6 Å². The van der Waals surface area contributed by atoms with Gasteiger partial charge in [-0.15, -0.1) is 0 Å². The number of amides is 1. The predicted molar refractivity (Wildman–Crippen MR) is 108 cm³/mol.